The van der Waals surface area contributed by atoms with Gasteiger partial charge in [0, 0.05) is 23.6 Å². The molecule has 0 bridgehead atoms. The summed E-state index contributed by atoms with van der Waals surface area (Å²) in [6.07, 6.45) is 0. The minimum absolute atomic E-state index is 0.0974. The number of H-pyrrole nitrogens is 1. The number of aromatic nitrogens is 2. The van der Waals surface area contributed by atoms with Crippen LogP contribution in [0.15, 0.2) is 58.1 Å². The molecule has 0 fully saturated rings. The highest BCUT2D eigenvalue weighted by Crippen LogP contribution is 2.24. The van der Waals surface area contributed by atoms with Gasteiger partial charge < -0.3 is 10.6 Å². The number of nitrogens with zero attached hydrogens (tertiary/aromatic N) is 2. The summed E-state index contributed by atoms with van der Waals surface area (Å²) >= 11 is 12.1. The van der Waals surface area contributed by atoms with Gasteiger partial charge in [0.25, 0.3) is 5.56 Å². The SMILES string of the molecule is CN(Cc1ccc(Cl)cc1Cl)c1c(N)n(Cc2ccccc2)c(=O)[nH]c1=O. The average molecular weight is 405 g/mol. The minimum atomic E-state index is -0.553. The van der Waals surface area contributed by atoms with Crippen molar-refractivity contribution in [2.75, 3.05) is 17.7 Å². The highest BCUT2D eigenvalue weighted by atomic mass is 35.5. The molecule has 1 heterocycles. The van der Waals surface area contributed by atoms with E-state index in [1.54, 1.807) is 30.1 Å². The molecule has 0 unspecified atom stereocenters. The van der Waals surface area contributed by atoms with Gasteiger partial charge in [0.05, 0.1) is 6.54 Å². The van der Waals surface area contributed by atoms with Crippen molar-refractivity contribution < 1.29 is 0 Å². The number of benzene rings is 2. The molecule has 140 valence electrons. The van der Waals surface area contributed by atoms with Crippen LogP contribution in [0.4, 0.5) is 11.5 Å². The van der Waals surface area contributed by atoms with Crippen molar-refractivity contribution in [3.63, 3.8) is 0 Å². The molecule has 8 heteroatoms. The van der Waals surface area contributed by atoms with Crippen LogP contribution in [0, 0.1) is 0 Å². The summed E-state index contributed by atoms with van der Waals surface area (Å²) in [5.41, 5.74) is 6.98. The lowest BCUT2D eigenvalue weighted by Gasteiger charge is -2.22. The normalized spacial score (nSPS) is 10.8. The van der Waals surface area contributed by atoms with E-state index in [1.807, 2.05) is 30.3 Å². The monoisotopic (exact) mass is 404 g/mol. The van der Waals surface area contributed by atoms with E-state index in [1.165, 1.54) is 4.57 Å². The van der Waals surface area contributed by atoms with E-state index in [4.69, 9.17) is 28.9 Å². The summed E-state index contributed by atoms with van der Waals surface area (Å²) in [6.45, 7) is 0.581. The van der Waals surface area contributed by atoms with Crippen molar-refractivity contribution in [3.8, 4) is 0 Å². The van der Waals surface area contributed by atoms with Gasteiger partial charge in [-0.15, -0.1) is 0 Å². The maximum absolute atomic E-state index is 12.4. The van der Waals surface area contributed by atoms with Crippen molar-refractivity contribution in [2.45, 2.75) is 13.1 Å². The first-order valence-electron chi connectivity index (χ1n) is 8.18. The Kier molecular flexibility index (Phi) is 5.58. The smallest absolute Gasteiger partial charge is 0.330 e. The zero-order chi connectivity index (χ0) is 19.6. The van der Waals surface area contributed by atoms with Crippen LogP contribution in [0.5, 0.6) is 0 Å². The van der Waals surface area contributed by atoms with E-state index in [0.29, 0.717) is 16.6 Å². The summed E-state index contributed by atoms with van der Waals surface area (Å²) in [6, 6.07) is 14.5. The maximum Gasteiger partial charge on any atom is 0.330 e. The quantitative estimate of drug-likeness (QED) is 0.683. The number of nitrogen functional groups attached to an aromatic ring is 1. The third-order valence-electron chi connectivity index (χ3n) is 4.20. The molecule has 3 rings (SSSR count). The lowest BCUT2D eigenvalue weighted by Crippen LogP contribution is -2.37. The second-order valence-corrected chi connectivity index (χ2v) is 7.00. The number of halogens is 2. The Morgan fingerprint density at radius 3 is 2.48 bits per heavy atom. The molecule has 0 spiro atoms. The summed E-state index contributed by atoms with van der Waals surface area (Å²) in [5, 5.41) is 1.02. The third kappa shape index (κ3) is 4.18. The van der Waals surface area contributed by atoms with Crippen molar-refractivity contribution in [1.29, 1.82) is 0 Å². The Morgan fingerprint density at radius 1 is 1.11 bits per heavy atom. The van der Waals surface area contributed by atoms with Crippen molar-refractivity contribution >= 4 is 34.7 Å². The first-order chi connectivity index (χ1) is 12.9. The van der Waals surface area contributed by atoms with Crippen LogP contribution in [0.1, 0.15) is 11.1 Å². The van der Waals surface area contributed by atoms with Gasteiger partial charge in [-0.05, 0) is 23.3 Å². The number of hydrogen-bond donors (Lipinski definition) is 2. The fraction of sp³-hybridized carbons (Fsp3) is 0.158. The standard InChI is InChI=1S/C19H18Cl2N4O2/c1-24(11-13-7-8-14(20)9-15(13)21)16-17(22)25(19(27)23-18(16)26)10-12-5-3-2-4-6-12/h2-9H,10-11,22H2,1H3,(H,23,26,27). The summed E-state index contributed by atoms with van der Waals surface area (Å²) in [7, 11) is 1.71. The Balaban J connectivity index is 1.98. The van der Waals surface area contributed by atoms with Gasteiger partial charge >= 0.3 is 5.69 Å². The van der Waals surface area contributed by atoms with Crippen LogP contribution in [0.2, 0.25) is 10.0 Å². The number of nitrogens with two attached hydrogens (primary N) is 1. The molecule has 3 aromatic rings. The van der Waals surface area contributed by atoms with Gasteiger partial charge in [-0.25, -0.2) is 4.79 Å². The van der Waals surface area contributed by atoms with Crippen LogP contribution in [-0.2, 0) is 13.1 Å². The van der Waals surface area contributed by atoms with Gasteiger partial charge in [0.1, 0.15) is 11.5 Å². The van der Waals surface area contributed by atoms with Crippen molar-refractivity contribution in [1.82, 2.24) is 9.55 Å². The first kappa shape index (κ1) is 19.1. The molecule has 1 aromatic heterocycles. The summed E-state index contributed by atoms with van der Waals surface area (Å²) in [4.78, 5) is 28.6. The second-order valence-electron chi connectivity index (χ2n) is 6.16. The minimum Gasteiger partial charge on any atom is -0.383 e. The Morgan fingerprint density at radius 2 is 1.81 bits per heavy atom. The topological polar surface area (TPSA) is 84.1 Å². The number of nitrogens with one attached hydrogen (secondary N) is 1. The molecule has 0 saturated heterocycles. The molecular formula is C19H18Cl2N4O2. The number of aromatic amines is 1. The largest absolute Gasteiger partial charge is 0.383 e. The average Bonchev–Trinajstić information content (AvgIpc) is 2.62. The Labute approximate surface area is 165 Å². The predicted molar refractivity (Wildman–Crippen MR) is 110 cm³/mol. The molecule has 2 aromatic carbocycles. The Hall–Kier alpha value is -2.70. The number of anilines is 2. The molecule has 0 saturated carbocycles. The molecule has 0 radical (unpaired) electrons. The zero-order valence-corrected chi connectivity index (χ0v) is 16.1. The van der Waals surface area contributed by atoms with E-state index in [9.17, 15) is 9.59 Å². The molecule has 0 aliphatic rings. The molecule has 0 atom stereocenters. The van der Waals surface area contributed by atoms with Crippen LogP contribution in [0.3, 0.4) is 0 Å². The third-order valence-corrected chi connectivity index (χ3v) is 4.79. The first-order valence-corrected chi connectivity index (χ1v) is 8.94. The molecule has 0 aliphatic carbocycles. The highest BCUT2D eigenvalue weighted by molar-refractivity contribution is 6.35. The molecule has 27 heavy (non-hydrogen) atoms. The van der Waals surface area contributed by atoms with Crippen LogP contribution in [-0.4, -0.2) is 16.6 Å². The highest BCUT2D eigenvalue weighted by Gasteiger charge is 2.17. The van der Waals surface area contributed by atoms with E-state index in [-0.39, 0.29) is 18.1 Å². The fourth-order valence-corrected chi connectivity index (χ4v) is 3.32. The number of hydrogen-bond acceptors (Lipinski definition) is 4. The summed E-state index contributed by atoms with van der Waals surface area (Å²) < 4.78 is 1.34. The predicted octanol–water partition coefficient (Wildman–Crippen LogP) is 3.11. The lowest BCUT2D eigenvalue weighted by atomic mass is 10.2. The summed E-state index contributed by atoms with van der Waals surface area (Å²) in [5.74, 6) is 0.0974. The van der Waals surface area contributed by atoms with E-state index < -0.39 is 11.2 Å². The fourth-order valence-electron chi connectivity index (χ4n) is 2.85. The Bertz CT molecular complexity index is 1080. The lowest BCUT2D eigenvalue weighted by molar-refractivity contribution is 0.725. The van der Waals surface area contributed by atoms with Gasteiger partial charge in [-0.1, -0.05) is 59.6 Å². The second kappa shape index (κ2) is 7.90. The molecule has 0 amide bonds. The van der Waals surface area contributed by atoms with Crippen molar-refractivity contribution in [3.05, 3.63) is 90.5 Å². The zero-order valence-electron chi connectivity index (χ0n) is 14.6. The van der Waals surface area contributed by atoms with Gasteiger partial charge in [0.2, 0.25) is 0 Å². The van der Waals surface area contributed by atoms with E-state index >= 15 is 0 Å². The van der Waals surface area contributed by atoms with Crippen LogP contribution < -0.4 is 21.9 Å². The van der Waals surface area contributed by atoms with Gasteiger partial charge in [-0.2, -0.15) is 0 Å². The van der Waals surface area contributed by atoms with E-state index in [2.05, 4.69) is 4.98 Å². The molecule has 3 N–H and O–H groups in total. The maximum atomic E-state index is 12.4. The molecule has 6 nitrogen and oxygen atoms in total. The molecular weight excluding hydrogens is 387 g/mol. The van der Waals surface area contributed by atoms with Crippen molar-refractivity contribution in [2.24, 2.45) is 0 Å². The van der Waals surface area contributed by atoms with Gasteiger partial charge in [0.15, 0.2) is 0 Å². The number of rotatable bonds is 5. The van der Waals surface area contributed by atoms with Gasteiger partial charge in [-0.3, -0.25) is 14.3 Å². The van der Waals surface area contributed by atoms with Crippen LogP contribution >= 0.6 is 23.2 Å². The van der Waals surface area contributed by atoms with E-state index in [0.717, 1.165) is 11.1 Å². The van der Waals surface area contributed by atoms with Crippen LogP contribution in [0.25, 0.3) is 0 Å². The molecule has 0 aliphatic heterocycles.